The van der Waals surface area contributed by atoms with Gasteiger partial charge in [-0.1, -0.05) is 6.92 Å². The molecule has 0 saturated heterocycles. The maximum Gasteiger partial charge on any atom is 0.302 e. The highest BCUT2D eigenvalue weighted by atomic mass is 19.1. The highest BCUT2D eigenvalue weighted by Crippen LogP contribution is 2.35. The molecule has 0 heterocycles. The lowest BCUT2D eigenvalue weighted by molar-refractivity contribution is -0.392. The van der Waals surface area contributed by atoms with E-state index >= 15 is 0 Å². The minimum atomic E-state index is -1.01. The molecule has 1 rings (SSSR count). The van der Waals surface area contributed by atoms with Crippen LogP contribution in [-0.4, -0.2) is 15.9 Å². The van der Waals surface area contributed by atoms with Crippen LogP contribution in [0.25, 0.3) is 0 Å². The topological polar surface area (TPSA) is 98.3 Å². The van der Waals surface area contributed by atoms with Gasteiger partial charge in [-0.25, -0.2) is 4.39 Å². The molecule has 1 aromatic carbocycles. The van der Waals surface area contributed by atoms with Crippen molar-refractivity contribution >= 4 is 17.1 Å². The Kier molecular flexibility index (Phi) is 4.13. The third-order valence-electron chi connectivity index (χ3n) is 2.46. The Hall–Kier alpha value is -2.25. The molecule has 98 valence electrons. The van der Waals surface area contributed by atoms with E-state index in [9.17, 15) is 24.6 Å². The Balaban J connectivity index is 3.40. The van der Waals surface area contributed by atoms with E-state index in [0.717, 1.165) is 0 Å². The fraction of sp³-hybridized carbons (Fsp3) is 0.400. The number of hydrogen-bond acceptors (Lipinski definition) is 5. The molecule has 0 radical (unpaired) electrons. The van der Waals surface area contributed by atoms with Crippen molar-refractivity contribution in [3.05, 3.63) is 38.2 Å². The largest absolute Gasteiger partial charge is 0.371 e. The van der Waals surface area contributed by atoms with Crippen molar-refractivity contribution in [2.75, 3.05) is 5.32 Å². The number of anilines is 1. The average molecular weight is 257 g/mol. The molecule has 7 nitrogen and oxygen atoms in total. The number of nitro benzene ring substituents is 2. The van der Waals surface area contributed by atoms with Gasteiger partial charge in [0.25, 0.3) is 0 Å². The lowest BCUT2D eigenvalue weighted by atomic mass is 10.2. The molecular formula is C10H12FN3O4. The molecule has 1 unspecified atom stereocenters. The molecule has 0 aliphatic heterocycles. The molecule has 0 aliphatic carbocycles. The average Bonchev–Trinajstić information content (AvgIpc) is 2.29. The molecular weight excluding hydrogens is 245 g/mol. The summed E-state index contributed by atoms with van der Waals surface area (Å²) >= 11 is 0. The smallest absolute Gasteiger partial charge is 0.302 e. The Morgan fingerprint density at radius 2 is 1.72 bits per heavy atom. The highest BCUT2D eigenvalue weighted by Gasteiger charge is 2.27. The van der Waals surface area contributed by atoms with Gasteiger partial charge in [-0.3, -0.25) is 20.2 Å². The minimum absolute atomic E-state index is 0.201. The van der Waals surface area contributed by atoms with Crippen molar-refractivity contribution in [2.24, 2.45) is 0 Å². The predicted molar refractivity (Wildman–Crippen MR) is 63.1 cm³/mol. The highest BCUT2D eigenvalue weighted by molar-refractivity contribution is 5.74. The number of nitro groups is 2. The van der Waals surface area contributed by atoms with Gasteiger partial charge in [-0.2, -0.15) is 0 Å². The molecule has 1 aromatic rings. The van der Waals surface area contributed by atoms with Gasteiger partial charge in [0.2, 0.25) is 0 Å². The van der Waals surface area contributed by atoms with E-state index < -0.39 is 27.0 Å². The second-order valence-electron chi connectivity index (χ2n) is 3.79. The zero-order valence-electron chi connectivity index (χ0n) is 9.84. The van der Waals surface area contributed by atoms with E-state index in [1.165, 1.54) is 0 Å². The van der Waals surface area contributed by atoms with Gasteiger partial charge >= 0.3 is 11.4 Å². The van der Waals surface area contributed by atoms with Crippen LogP contribution < -0.4 is 5.32 Å². The number of halogens is 1. The number of nitrogens with one attached hydrogen (secondary N) is 1. The normalized spacial score (nSPS) is 11.9. The van der Waals surface area contributed by atoms with Crippen LogP contribution >= 0.6 is 0 Å². The molecule has 0 spiro atoms. The lowest BCUT2D eigenvalue weighted by Crippen LogP contribution is -2.16. The van der Waals surface area contributed by atoms with Crippen LogP contribution in [0.2, 0.25) is 0 Å². The molecule has 18 heavy (non-hydrogen) atoms. The van der Waals surface area contributed by atoms with Crippen LogP contribution in [0.4, 0.5) is 21.5 Å². The maximum atomic E-state index is 13.1. The van der Waals surface area contributed by atoms with Crippen molar-refractivity contribution in [2.45, 2.75) is 26.3 Å². The standard InChI is InChI=1S/C10H12FN3O4/c1-3-6(2)12-10-8(13(15)16)4-7(11)5-9(10)14(17)18/h4-6,12H,3H2,1-2H3. The van der Waals surface area contributed by atoms with Crippen LogP contribution in [0, 0.1) is 26.0 Å². The van der Waals surface area contributed by atoms with Crippen molar-refractivity contribution in [3.63, 3.8) is 0 Å². The van der Waals surface area contributed by atoms with Crippen LogP contribution in [0.3, 0.4) is 0 Å². The van der Waals surface area contributed by atoms with E-state index in [1.54, 1.807) is 6.92 Å². The first-order valence-electron chi connectivity index (χ1n) is 5.25. The quantitative estimate of drug-likeness (QED) is 0.645. The Labute approximate surface area is 102 Å². The second-order valence-corrected chi connectivity index (χ2v) is 3.79. The lowest BCUT2D eigenvalue weighted by Gasteiger charge is -2.13. The van der Waals surface area contributed by atoms with E-state index in [2.05, 4.69) is 5.32 Å². The second kappa shape index (κ2) is 5.39. The van der Waals surface area contributed by atoms with Crippen molar-refractivity contribution < 1.29 is 14.2 Å². The Morgan fingerprint density at radius 1 is 1.28 bits per heavy atom. The third-order valence-corrected chi connectivity index (χ3v) is 2.46. The zero-order valence-corrected chi connectivity index (χ0v) is 9.84. The first-order valence-corrected chi connectivity index (χ1v) is 5.25. The van der Waals surface area contributed by atoms with E-state index in [0.29, 0.717) is 18.6 Å². The summed E-state index contributed by atoms with van der Waals surface area (Å²) in [5.41, 5.74) is -1.54. The van der Waals surface area contributed by atoms with E-state index in [1.807, 2.05) is 6.92 Å². The van der Waals surface area contributed by atoms with Crippen LogP contribution in [0.1, 0.15) is 20.3 Å². The number of benzene rings is 1. The van der Waals surface area contributed by atoms with Crippen molar-refractivity contribution in [3.8, 4) is 0 Å². The van der Waals surface area contributed by atoms with Gasteiger partial charge in [0, 0.05) is 6.04 Å². The Morgan fingerprint density at radius 3 is 2.06 bits per heavy atom. The summed E-state index contributed by atoms with van der Waals surface area (Å²) in [6.45, 7) is 3.54. The van der Waals surface area contributed by atoms with Crippen LogP contribution in [0.15, 0.2) is 12.1 Å². The molecule has 1 atom stereocenters. The number of rotatable bonds is 5. The number of hydrogen-bond donors (Lipinski definition) is 1. The Bertz CT molecular complexity index is 457. The summed E-state index contributed by atoms with van der Waals surface area (Å²) in [7, 11) is 0. The summed E-state index contributed by atoms with van der Waals surface area (Å²) in [5, 5.41) is 24.3. The summed E-state index contributed by atoms with van der Waals surface area (Å²) in [6, 6.07) is 1.13. The zero-order chi connectivity index (χ0) is 13.9. The molecule has 1 N–H and O–H groups in total. The van der Waals surface area contributed by atoms with Crippen molar-refractivity contribution in [1.29, 1.82) is 0 Å². The summed E-state index contributed by atoms with van der Waals surface area (Å²) < 4.78 is 13.1. The molecule has 0 fully saturated rings. The van der Waals surface area contributed by atoms with Gasteiger partial charge in [-0.15, -0.1) is 0 Å². The van der Waals surface area contributed by atoms with E-state index in [4.69, 9.17) is 0 Å². The monoisotopic (exact) mass is 257 g/mol. The molecule has 0 bridgehead atoms. The van der Waals surface area contributed by atoms with Gasteiger partial charge < -0.3 is 5.32 Å². The van der Waals surface area contributed by atoms with Crippen LogP contribution in [0.5, 0.6) is 0 Å². The molecule has 8 heteroatoms. The molecule has 0 amide bonds. The van der Waals surface area contributed by atoms with Gasteiger partial charge in [0.05, 0.1) is 22.0 Å². The van der Waals surface area contributed by atoms with Crippen molar-refractivity contribution in [1.82, 2.24) is 0 Å². The number of nitrogens with zero attached hydrogens (tertiary/aromatic N) is 2. The molecule has 0 aromatic heterocycles. The molecule has 0 saturated carbocycles. The van der Waals surface area contributed by atoms with Crippen LogP contribution in [-0.2, 0) is 0 Å². The SMILES string of the molecule is CCC(C)Nc1c([N+](=O)[O-])cc(F)cc1[N+](=O)[O-]. The predicted octanol–water partition coefficient (Wildman–Crippen LogP) is 2.85. The fourth-order valence-corrected chi connectivity index (χ4v) is 1.36. The van der Waals surface area contributed by atoms with Gasteiger partial charge in [0.15, 0.2) is 5.69 Å². The van der Waals surface area contributed by atoms with E-state index in [-0.39, 0.29) is 11.7 Å². The third kappa shape index (κ3) is 2.90. The summed E-state index contributed by atoms with van der Waals surface area (Å²) in [6.07, 6.45) is 0.617. The minimum Gasteiger partial charge on any atom is -0.371 e. The van der Waals surface area contributed by atoms with Gasteiger partial charge in [0.1, 0.15) is 5.82 Å². The molecule has 0 aliphatic rings. The van der Waals surface area contributed by atoms with Gasteiger partial charge in [-0.05, 0) is 13.3 Å². The first kappa shape index (κ1) is 13.8. The maximum absolute atomic E-state index is 13.1. The summed E-state index contributed by atoms with van der Waals surface area (Å²) in [4.78, 5) is 19.9. The fourth-order valence-electron chi connectivity index (χ4n) is 1.36. The summed E-state index contributed by atoms with van der Waals surface area (Å²) in [5.74, 6) is -1.01. The first-order chi connectivity index (χ1) is 8.36.